The zero-order chi connectivity index (χ0) is 14.3. The highest BCUT2D eigenvalue weighted by Gasteiger charge is 2.54. The third-order valence-electron chi connectivity index (χ3n) is 4.80. The maximum Gasteiger partial charge on any atom is 0.245 e. The van der Waals surface area contributed by atoms with Gasteiger partial charge in [0.15, 0.2) is 0 Å². The Kier molecular flexibility index (Phi) is 3.55. The highest BCUT2D eigenvalue weighted by Crippen LogP contribution is 2.49. The first-order valence-corrected chi connectivity index (χ1v) is 7.67. The Labute approximate surface area is 121 Å². The van der Waals surface area contributed by atoms with Crippen molar-refractivity contribution < 1.29 is 4.79 Å². The second kappa shape index (κ2) is 5.21. The number of amides is 1. The van der Waals surface area contributed by atoms with Gasteiger partial charge in [-0.15, -0.1) is 0 Å². The van der Waals surface area contributed by atoms with Crippen molar-refractivity contribution in [3.8, 4) is 0 Å². The molecule has 1 saturated heterocycles. The van der Waals surface area contributed by atoms with Crippen LogP contribution in [0.3, 0.4) is 0 Å². The van der Waals surface area contributed by atoms with Gasteiger partial charge in [0.25, 0.3) is 0 Å². The molecule has 1 aromatic rings. The van der Waals surface area contributed by atoms with Crippen LogP contribution in [0.5, 0.6) is 0 Å². The number of likely N-dealkylation sites (N-methyl/N-ethyl adjacent to an activating group) is 1. The first-order valence-electron chi connectivity index (χ1n) is 7.67. The van der Waals surface area contributed by atoms with E-state index in [2.05, 4.69) is 24.0 Å². The van der Waals surface area contributed by atoms with E-state index in [0.29, 0.717) is 12.1 Å². The third kappa shape index (κ3) is 2.24. The molecule has 1 aliphatic heterocycles. The average molecular weight is 272 g/mol. The van der Waals surface area contributed by atoms with Crippen molar-refractivity contribution in [2.75, 3.05) is 14.1 Å². The molecule has 1 heterocycles. The van der Waals surface area contributed by atoms with E-state index in [9.17, 15) is 4.79 Å². The molecule has 1 saturated carbocycles. The Balaban J connectivity index is 1.86. The lowest BCUT2D eigenvalue weighted by molar-refractivity contribution is -0.138. The minimum Gasteiger partial charge on any atom is -0.335 e. The molecular weight excluding hydrogens is 248 g/mol. The summed E-state index contributed by atoms with van der Waals surface area (Å²) in [6.45, 7) is 2.20. The molecule has 0 spiro atoms. The van der Waals surface area contributed by atoms with E-state index in [0.717, 1.165) is 17.9 Å². The van der Waals surface area contributed by atoms with Crippen LogP contribution in [0.15, 0.2) is 30.3 Å². The number of fused-ring (bicyclic) bond motifs is 1. The monoisotopic (exact) mass is 272 g/mol. The SMILES string of the molecule is CCC1CC2CC2N1C(=O)C(c1ccccc1)N(C)C. The van der Waals surface area contributed by atoms with Gasteiger partial charge < -0.3 is 4.90 Å². The van der Waals surface area contributed by atoms with Gasteiger partial charge >= 0.3 is 0 Å². The lowest BCUT2D eigenvalue weighted by Gasteiger charge is -2.33. The molecule has 1 aliphatic carbocycles. The molecule has 108 valence electrons. The molecule has 20 heavy (non-hydrogen) atoms. The average Bonchev–Trinajstić information content (AvgIpc) is 3.10. The number of benzene rings is 1. The Morgan fingerprint density at radius 1 is 1.30 bits per heavy atom. The molecule has 2 aliphatic rings. The van der Waals surface area contributed by atoms with Crippen LogP contribution in [0.2, 0.25) is 0 Å². The normalized spacial score (nSPS) is 29.4. The number of nitrogens with zero attached hydrogens (tertiary/aromatic N) is 2. The summed E-state index contributed by atoms with van der Waals surface area (Å²) in [6.07, 6.45) is 3.51. The summed E-state index contributed by atoms with van der Waals surface area (Å²) in [6, 6.07) is 11.0. The second-order valence-electron chi connectivity index (χ2n) is 6.38. The fourth-order valence-electron chi connectivity index (χ4n) is 3.70. The summed E-state index contributed by atoms with van der Waals surface area (Å²) >= 11 is 0. The van der Waals surface area contributed by atoms with Gasteiger partial charge in [0.1, 0.15) is 6.04 Å². The number of rotatable bonds is 4. The van der Waals surface area contributed by atoms with E-state index in [1.165, 1.54) is 12.8 Å². The van der Waals surface area contributed by atoms with E-state index in [4.69, 9.17) is 0 Å². The largest absolute Gasteiger partial charge is 0.335 e. The third-order valence-corrected chi connectivity index (χ3v) is 4.80. The van der Waals surface area contributed by atoms with Crippen LogP contribution in [0.1, 0.15) is 37.8 Å². The van der Waals surface area contributed by atoms with E-state index < -0.39 is 0 Å². The summed E-state index contributed by atoms with van der Waals surface area (Å²) in [5.74, 6) is 1.07. The predicted molar refractivity (Wildman–Crippen MR) is 80.3 cm³/mol. The number of hydrogen-bond acceptors (Lipinski definition) is 2. The fraction of sp³-hybridized carbons (Fsp3) is 0.588. The second-order valence-corrected chi connectivity index (χ2v) is 6.38. The van der Waals surface area contributed by atoms with Crippen LogP contribution < -0.4 is 0 Å². The van der Waals surface area contributed by atoms with Gasteiger partial charge in [-0.1, -0.05) is 37.3 Å². The molecule has 4 unspecified atom stereocenters. The van der Waals surface area contributed by atoms with Crippen LogP contribution in [0.4, 0.5) is 0 Å². The Bertz CT molecular complexity index is 485. The van der Waals surface area contributed by atoms with Crippen LogP contribution in [-0.2, 0) is 4.79 Å². The summed E-state index contributed by atoms with van der Waals surface area (Å²) in [4.78, 5) is 17.3. The molecule has 0 aromatic heterocycles. The van der Waals surface area contributed by atoms with Crippen LogP contribution in [0, 0.1) is 5.92 Å². The van der Waals surface area contributed by atoms with Crippen LogP contribution >= 0.6 is 0 Å². The molecule has 1 aromatic carbocycles. The fourth-order valence-corrected chi connectivity index (χ4v) is 3.70. The lowest BCUT2D eigenvalue weighted by atomic mass is 10.0. The van der Waals surface area contributed by atoms with E-state index in [-0.39, 0.29) is 11.9 Å². The Hall–Kier alpha value is -1.35. The van der Waals surface area contributed by atoms with Gasteiger partial charge in [-0.3, -0.25) is 9.69 Å². The molecule has 3 heteroatoms. The first kappa shape index (κ1) is 13.6. The maximum atomic E-state index is 13.1. The summed E-state index contributed by atoms with van der Waals surface area (Å²) in [5, 5.41) is 0. The highest BCUT2D eigenvalue weighted by atomic mass is 16.2. The first-order chi connectivity index (χ1) is 9.63. The smallest absolute Gasteiger partial charge is 0.245 e. The van der Waals surface area contributed by atoms with Crippen molar-refractivity contribution in [1.29, 1.82) is 0 Å². The zero-order valence-corrected chi connectivity index (χ0v) is 12.6. The highest BCUT2D eigenvalue weighted by molar-refractivity contribution is 5.84. The van der Waals surface area contributed by atoms with Crippen LogP contribution in [0.25, 0.3) is 0 Å². The summed E-state index contributed by atoms with van der Waals surface area (Å²) in [7, 11) is 3.99. The topological polar surface area (TPSA) is 23.6 Å². The maximum absolute atomic E-state index is 13.1. The predicted octanol–water partition coefficient (Wildman–Crippen LogP) is 2.69. The number of piperidine rings is 1. The minimum absolute atomic E-state index is 0.149. The van der Waals surface area contributed by atoms with Gasteiger partial charge in [-0.2, -0.15) is 0 Å². The van der Waals surface area contributed by atoms with Crippen molar-refractivity contribution in [1.82, 2.24) is 9.80 Å². The van der Waals surface area contributed by atoms with Gasteiger partial charge in [-0.25, -0.2) is 0 Å². The van der Waals surface area contributed by atoms with Crippen molar-refractivity contribution in [2.24, 2.45) is 5.92 Å². The van der Waals surface area contributed by atoms with Crippen molar-refractivity contribution in [3.05, 3.63) is 35.9 Å². The quantitative estimate of drug-likeness (QED) is 0.841. The van der Waals surface area contributed by atoms with E-state index in [1.807, 2.05) is 37.2 Å². The van der Waals surface area contributed by atoms with E-state index >= 15 is 0 Å². The van der Waals surface area contributed by atoms with Crippen molar-refractivity contribution >= 4 is 5.91 Å². The zero-order valence-electron chi connectivity index (χ0n) is 12.6. The van der Waals surface area contributed by atoms with Crippen molar-refractivity contribution in [2.45, 2.75) is 44.3 Å². The number of carbonyl (C=O) groups is 1. The van der Waals surface area contributed by atoms with E-state index in [1.54, 1.807) is 0 Å². The Morgan fingerprint density at radius 2 is 2.00 bits per heavy atom. The molecule has 0 radical (unpaired) electrons. The lowest BCUT2D eigenvalue weighted by Crippen LogP contribution is -2.44. The van der Waals surface area contributed by atoms with Gasteiger partial charge in [-0.05, 0) is 44.8 Å². The standard InChI is InChI=1S/C17H24N2O/c1-4-14-10-13-11-15(13)19(14)17(20)16(18(2)3)12-8-6-5-7-9-12/h5-9,13-16H,4,10-11H2,1-3H3. The summed E-state index contributed by atoms with van der Waals surface area (Å²) in [5.41, 5.74) is 1.10. The minimum atomic E-state index is -0.149. The number of likely N-dealkylation sites (tertiary alicyclic amines) is 1. The molecule has 1 amide bonds. The number of hydrogen-bond donors (Lipinski definition) is 0. The molecule has 0 bridgehead atoms. The molecule has 3 rings (SSSR count). The molecule has 2 fully saturated rings. The molecule has 4 atom stereocenters. The van der Waals surface area contributed by atoms with Gasteiger partial charge in [0, 0.05) is 12.1 Å². The number of carbonyl (C=O) groups excluding carboxylic acids is 1. The van der Waals surface area contributed by atoms with Crippen molar-refractivity contribution in [3.63, 3.8) is 0 Å². The van der Waals surface area contributed by atoms with Gasteiger partial charge in [0.2, 0.25) is 5.91 Å². The Morgan fingerprint density at radius 3 is 2.60 bits per heavy atom. The van der Waals surface area contributed by atoms with Gasteiger partial charge in [0.05, 0.1) is 0 Å². The molecule has 3 nitrogen and oxygen atoms in total. The molecule has 0 N–H and O–H groups in total. The van der Waals surface area contributed by atoms with Crippen LogP contribution in [-0.4, -0.2) is 41.9 Å². The molecular formula is C17H24N2O. The summed E-state index contributed by atoms with van der Waals surface area (Å²) < 4.78 is 0.